The zero-order valence-corrected chi connectivity index (χ0v) is 20.0. The lowest BCUT2D eigenvalue weighted by atomic mass is 9.91. The Bertz CT molecular complexity index is 786. The Morgan fingerprint density at radius 3 is 2.32 bits per heavy atom. The molecule has 1 N–H and O–H groups in total. The number of piperidine rings is 1. The number of likely N-dealkylation sites (tertiary alicyclic amines) is 1. The van der Waals surface area contributed by atoms with Gasteiger partial charge < -0.3 is 15.0 Å². The van der Waals surface area contributed by atoms with Crippen molar-refractivity contribution in [2.24, 2.45) is 5.92 Å². The zero-order valence-electron chi connectivity index (χ0n) is 20.0. The average molecular weight is 435 g/mol. The number of esters is 1. The summed E-state index contributed by atoms with van der Waals surface area (Å²) < 4.78 is 7.08. The number of carbonyl (C=O) groups is 3. The first-order chi connectivity index (χ1) is 14.4. The van der Waals surface area contributed by atoms with Crippen molar-refractivity contribution in [3.63, 3.8) is 0 Å². The van der Waals surface area contributed by atoms with E-state index >= 15 is 0 Å². The molecule has 2 heterocycles. The van der Waals surface area contributed by atoms with Crippen molar-refractivity contribution in [3.8, 4) is 0 Å². The predicted octanol–water partition coefficient (Wildman–Crippen LogP) is 3.07. The van der Waals surface area contributed by atoms with Gasteiger partial charge in [-0.25, -0.2) is 4.79 Å². The summed E-state index contributed by atoms with van der Waals surface area (Å²) in [6.07, 6.45) is 2.11. The first kappa shape index (κ1) is 24.9. The number of hydrogen-bond acceptors (Lipinski definition) is 5. The van der Waals surface area contributed by atoms with E-state index in [1.54, 1.807) is 6.92 Å². The molecule has 0 radical (unpaired) electrons. The fourth-order valence-corrected chi connectivity index (χ4v) is 4.03. The fourth-order valence-electron chi connectivity index (χ4n) is 4.03. The Kier molecular flexibility index (Phi) is 8.26. The molecule has 1 aliphatic heterocycles. The maximum absolute atomic E-state index is 13.0. The van der Waals surface area contributed by atoms with E-state index in [-0.39, 0.29) is 23.3 Å². The van der Waals surface area contributed by atoms with Crippen LogP contribution < -0.4 is 5.32 Å². The molecule has 2 amide bonds. The molecule has 1 aliphatic rings. The zero-order chi connectivity index (χ0) is 23.3. The molecule has 8 heteroatoms. The standard InChI is InChI=1S/C23H38N4O4/c1-8-31-22(30)19-14-20(23(5,6)7)27(25-19)17-9-11-26(12-10-17)21(29)18(13-15(2)3)24-16(4)28/h14-15,17-18H,8-13H2,1-7H3,(H,24,28)/t18-/m1/s1. The third-order valence-corrected chi connectivity index (χ3v) is 5.49. The van der Waals surface area contributed by atoms with E-state index in [9.17, 15) is 14.4 Å². The van der Waals surface area contributed by atoms with E-state index in [1.165, 1.54) is 6.92 Å². The molecule has 1 fully saturated rings. The molecule has 1 saturated heterocycles. The quantitative estimate of drug-likeness (QED) is 0.666. The molecule has 0 aliphatic carbocycles. The van der Waals surface area contributed by atoms with Gasteiger partial charge in [0.15, 0.2) is 5.69 Å². The van der Waals surface area contributed by atoms with Gasteiger partial charge in [0.1, 0.15) is 6.04 Å². The molecule has 1 aromatic heterocycles. The van der Waals surface area contributed by atoms with Crippen LogP contribution in [0, 0.1) is 5.92 Å². The van der Waals surface area contributed by atoms with Crippen molar-refractivity contribution >= 4 is 17.8 Å². The van der Waals surface area contributed by atoms with Gasteiger partial charge in [-0.15, -0.1) is 0 Å². The van der Waals surface area contributed by atoms with Crippen molar-refractivity contribution in [1.82, 2.24) is 20.0 Å². The Balaban J connectivity index is 2.15. The van der Waals surface area contributed by atoms with E-state index in [2.05, 4.69) is 31.2 Å². The second-order valence-electron chi connectivity index (χ2n) is 9.77. The van der Waals surface area contributed by atoms with Crippen LogP contribution in [0.25, 0.3) is 0 Å². The summed E-state index contributed by atoms with van der Waals surface area (Å²) in [6, 6.07) is 1.44. The van der Waals surface area contributed by atoms with Crippen LogP contribution in [0.15, 0.2) is 6.07 Å². The van der Waals surface area contributed by atoms with Gasteiger partial charge in [-0.2, -0.15) is 5.10 Å². The second-order valence-corrected chi connectivity index (χ2v) is 9.77. The summed E-state index contributed by atoms with van der Waals surface area (Å²) in [7, 11) is 0. The number of nitrogens with one attached hydrogen (secondary N) is 1. The van der Waals surface area contributed by atoms with E-state index in [0.717, 1.165) is 18.5 Å². The third-order valence-electron chi connectivity index (χ3n) is 5.49. The van der Waals surface area contributed by atoms with Gasteiger partial charge in [0.05, 0.1) is 12.6 Å². The average Bonchev–Trinajstić information content (AvgIpc) is 3.12. The van der Waals surface area contributed by atoms with Crippen LogP contribution in [0.5, 0.6) is 0 Å². The number of aromatic nitrogens is 2. The number of carbonyl (C=O) groups excluding carboxylic acids is 3. The summed E-state index contributed by atoms with van der Waals surface area (Å²) >= 11 is 0. The smallest absolute Gasteiger partial charge is 0.358 e. The van der Waals surface area contributed by atoms with Crippen LogP contribution in [0.3, 0.4) is 0 Å². The van der Waals surface area contributed by atoms with Gasteiger partial charge in [-0.3, -0.25) is 14.3 Å². The summed E-state index contributed by atoms with van der Waals surface area (Å²) in [5, 5.41) is 7.39. The van der Waals surface area contributed by atoms with E-state index in [0.29, 0.717) is 37.7 Å². The molecule has 0 spiro atoms. The minimum Gasteiger partial charge on any atom is -0.461 e. The Hall–Kier alpha value is -2.38. The Morgan fingerprint density at radius 1 is 1.23 bits per heavy atom. The van der Waals surface area contributed by atoms with Crippen LogP contribution in [0.2, 0.25) is 0 Å². The maximum atomic E-state index is 13.0. The molecular formula is C23H38N4O4. The minimum absolute atomic E-state index is 0.0222. The first-order valence-corrected chi connectivity index (χ1v) is 11.3. The van der Waals surface area contributed by atoms with Crippen LogP contribution in [-0.4, -0.2) is 58.2 Å². The summed E-state index contributed by atoms with van der Waals surface area (Å²) in [6.45, 7) is 15.1. The van der Waals surface area contributed by atoms with E-state index < -0.39 is 12.0 Å². The van der Waals surface area contributed by atoms with Crippen molar-refractivity contribution < 1.29 is 19.1 Å². The van der Waals surface area contributed by atoms with Gasteiger partial charge >= 0.3 is 5.97 Å². The third kappa shape index (κ3) is 6.55. The van der Waals surface area contributed by atoms with E-state index in [4.69, 9.17) is 4.74 Å². The van der Waals surface area contributed by atoms with E-state index in [1.807, 2.05) is 29.5 Å². The van der Waals surface area contributed by atoms with Gasteiger partial charge in [0, 0.05) is 31.1 Å². The molecule has 0 aromatic carbocycles. The second kappa shape index (κ2) is 10.3. The molecule has 2 rings (SSSR count). The molecule has 1 atom stereocenters. The molecule has 0 bridgehead atoms. The molecule has 174 valence electrons. The molecule has 8 nitrogen and oxygen atoms in total. The fraction of sp³-hybridized carbons (Fsp3) is 0.739. The predicted molar refractivity (Wildman–Crippen MR) is 119 cm³/mol. The van der Waals surface area contributed by atoms with Crippen molar-refractivity contribution in [1.29, 1.82) is 0 Å². The highest BCUT2D eigenvalue weighted by molar-refractivity contribution is 5.87. The van der Waals surface area contributed by atoms with Crippen molar-refractivity contribution in [3.05, 3.63) is 17.5 Å². The first-order valence-electron chi connectivity index (χ1n) is 11.3. The lowest BCUT2D eigenvalue weighted by Gasteiger charge is -2.36. The SMILES string of the molecule is CCOC(=O)c1cc(C(C)(C)C)n(C2CCN(C(=O)[C@@H](CC(C)C)NC(C)=O)CC2)n1. The monoisotopic (exact) mass is 434 g/mol. The molecule has 0 saturated carbocycles. The lowest BCUT2D eigenvalue weighted by Crippen LogP contribution is -2.51. The lowest BCUT2D eigenvalue weighted by molar-refractivity contribution is -0.137. The highest BCUT2D eigenvalue weighted by Gasteiger charge is 2.33. The van der Waals surface area contributed by atoms with Crippen LogP contribution in [0.4, 0.5) is 0 Å². The maximum Gasteiger partial charge on any atom is 0.358 e. The Labute approximate surface area is 185 Å². The summed E-state index contributed by atoms with van der Waals surface area (Å²) in [4.78, 5) is 38.7. The Morgan fingerprint density at radius 2 is 1.84 bits per heavy atom. The minimum atomic E-state index is -0.487. The highest BCUT2D eigenvalue weighted by atomic mass is 16.5. The number of nitrogens with zero attached hydrogens (tertiary/aromatic N) is 3. The number of hydrogen-bond donors (Lipinski definition) is 1. The van der Waals surface area contributed by atoms with Gasteiger partial charge in [-0.05, 0) is 38.2 Å². The largest absolute Gasteiger partial charge is 0.461 e. The number of ether oxygens (including phenoxy) is 1. The molecule has 1 aromatic rings. The van der Waals surface area contributed by atoms with Gasteiger partial charge in [0.25, 0.3) is 0 Å². The van der Waals surface area contributed by atoms with Crippen molar-refractivity contribution in [2.75, 3.05) is 19.7 Å². The highest BCUT2D eigenvalue weighted by Crippen LogP contribution is 2.31. The number of rotatable bonds is 7. The molecular weight excluding hydrogens is 396 g/mol. The van der Waals surface area contributed by atoms with Gasteiger partial charge in [-0.1, -0.05) is 34.6 Å². The topological polar surface area (TPSA) is 93.5 Å². The van der Waals surface area contributed by atoms with Gasteiger partial charge in [0.2, 0.25) is 11.8 Å². The number of amides is 2. The van der Waals surface area contributed by atoms with Crippen molar-refractivity contribution in [2.45, 2.75) is 85.2 Å². The van der Waals surface area contributed by atoms with Crippen LogP contribution in [0.1, 0.15) is 90.0 Å². The molecule has 31 heavy (non-hydrogen) atoms. The summed E-state index contributed by atoms with van der Waals surface area (Å²) in [5.74, 6) is -0.318. The summed E-state index contributed by atoms with van der Waals surface area (Å²) in [5.41, 5.74) is 1.13. The normalized spacial score (nSPS) is 16.3. The molecule has 0 unspecified atom stereocenters. The van der Waals surface area contributed by atoms with Crippen LogP contribution >= 0.6 is 0 Å². The van der Waals surface area contributed by atoms with Crippen LogP contribution in [-0.2, 0) is 19.7 Å².